The summed E-state index contributed by atoms with van der Waals surface area (Å²) in [5.41, 5.74) is 1.72. The summed E-state index contributed by atoms with van der Waals surface area (Å²) in [6, 6.07) is 5.32. The highest BCUT2D eigenvalue weighted by molar-refractivity contribution is 5.72. The quantitative estimate of drug-likeness (QED) is 0.799. The van der Waals surface area contributed by atoms with E-state index in [4.69, 9.17) is 0 Å². The zero-order chi connectivity index (χ0) is 10.3. The molecule has 0 aromatic heterocycles. The number of nitrogens with one attached hydrogen (secondary N) is 1. The van der Waals surface area contributed by atoms with Crippen LogP contribution in [0.15, 0.2) is 18.2 Å². The molecule has 1 heterocycles. The Labute approximate surface area is 89.1 Å². The lowest BCUT2D eigenvalue weighted by Gasteiger charge is -2.32. The minimum Gasteiger partial charge on any atom is -0.379 e. The maximum Gasteiger partial charge on any atom is 0.148 e. The van der Waals surface area contributed by atoms with Crippen molar-refractivity contribution in [1.82, 2.24) is 0 Å². The van der Waals surface area contributed by atoms with Crippen molar-refractivity contribution in [3.63, 3.8) is 0 Å². The van der Waals surface area contributed by atoms with E-state index in [-0.39, 0.29) is 5.82 Å². The average molecular weight is 206 g/mol. The maximum atomic E-state index is 13.5. The normalized spacial score (nSPS) is 19.7. The fourth-order valence-electron chi connectivity index (χ4n) is 2.19. The fourth-order valence-corrected chi connectivity index (χ4v) is 2.19. The summed E-state index contributed by atoms with van der Waals surface area (Å²) in [7, 11) is 0. The number of hydrogen-bond acceptors (Lipinski definition) is 2. The molecule has 0 unspecified atom stereocenters. The molecule has 1 fully saturated rings. The van der Waals surface area contributed by atoms with Gasteiger partial charge in [0.15, 0.2) is 0 Å². The number of rotatable bonds is 2. The Bertz CT molecular complexity index is 374. The maximum absolute atomic E-state index is 13.5. The molecule has 3 rings (SSSR count). The Morgan fingerprint density at radius 2 is 2.27 bits per heavy atom. The van der Waals surface area contributed by atoms with Gasteiger partial charge in [0.05, 0.1) is 11.4 Å². The highest BCUT2D eigenvalue weighted by Crippen LogP contribution is 2.36. The first-order valence-electron chi connectivity index (χ1n) is 5.62. The number of fused-ring (bicyclic) bond motifs is 1. The highest BCUT2D eigenvalue weighted by atomic mass is 19.1. The lowest BCUT2D eigenvalue weighted by atomic mass is 10.2. The molecular weight excluding hydrogens is 191 g/mol. The van der Waals surface area contributed by atoms with Gasteiger partial charge in [0.1, 0.15) is 5.82 Å². The number of halogens is 1. The summed E-state index contributed by atoms with van der Waals surface area (Å²) in [6.45, 7) is 2.94. The van der Waals surface area contributed by atoms with Crippen LogP contribution in [0, 0.1) is 11.7 Å². The van der Waals surface area contributed by atoms with Crippen LogP contribution in [0.4, 0.5) is 15.8 Å². The van der Waals surface area contributed by atoms with Crippen LogP contribution in [-0.2, 0) is 0 Å². The molecule has 1 aliphatic carbocycles. The van der Waals surface area contributed by atoms with Crippen molar-refractivity contribution in [3.05, 3.63) is 24.0 Å². The van der Waals surface area contributed by atoms with E-state index in [2.05, 4.69) is 10.2 Å². The summed E-state index contributed by atoms with van der Waals surface area (Å²) >= 11 is 0. The van der Waals surface area contributed by atoms with Crippen molar-refractivity contribution >= 4 is 11.4 Å². The molecule has 1 aliphatic heterocycles. The van der Waals surface area contributed by atoms with Crippen LogP contribution in [0.1, 0.15) is 12.8 Å². The molecule has 0 spiro atoms. The summed E-state index contributed by atoms with van der Waals surface area (Å²) in [5, 5.41) is 3.14. The lowest BCUT2D eigenvalue weighted by molar-refractivity contribution is 0.623. The van der Waals surface area contributed by atoms with Crippen LogP contribution in [0.5, 0.6) is 0 Å². The number of benzene rings is 1. The summed E-state index contributed by atoms with van der Waals surface area (Å²) < 4.78 is 13.5. The van der Waals surface area contributed by atoms with Gasteiger partial charge in [0, 0.05) is 19.6 Å². The number of hydrogen-bond donors (Lipinski definition) is 1. The molecule has 1 aromatic rings. The predicted octanol–water partition coefficient (Wildman–Crippen LogP) is 2.47. The zero-order valence-electron chi connectivity index (χ0n) is 8.67. The summed E-state index contributed by atoms with van der Waals surface area (Å²) in [4.78, 5) is 2.31. The monoisotopic (exact) mass is 206 g/mol. The molecule has 0 radical (unpaired) electrons. The van der Waals surface area contributed by atoms with Crippen molar-refractivity contribution in [2.24, 2.45) is 5.92 Å². The van der Waals surface area contributed by atoms with Gasteiger partial charge >= 0.3 is 0 Å². The topological polar surface area (TPSA) is 15.3 Å². The summed E-state index contributed by atoms with van der Waals surface area (Å²) in [5.74, 6) is 0.715. The van der Waals surface area contributed by atoms with E-state index in [1.54, 1.807) is 6.07 Å². The molecule has 2 aliphatic rings. The molecule has 15 heavy (non-hydrogen) atoms. The number of para-hydroxylation sites is 1. The molecule has 0 amide bonds. The van der Waals surface area contributed by atoms with Crippen molar-refractivity contribution in [3.8, 4) is 0 Å². The molecule has 0 bridgehead atoms. The van der Waals surface area contributed by atoms with Crippen LogP contribution in [-0.4, -0.2) is 19.6 Å². The van der Waals surface area contributed by atoms with E-state index >= 15 is 0 Å². The van der Waals surface area contributed by atoms with E-state index in [9.17, 15) is 4.39 Å². The van der Waals surface area contributed by atoms with E-state index in [0.717, 1.165) is 31.2 Å². The summed E-state index contributed by atoms with van der Waals surface area (Å²) in [6.07, 6.45) is 2.68. The average Bonchev–Trinajstić information content (AvgIpc) is 3.04. The molecule has 3 heteroatoms. The van der Waals surface area contributed by atoms with Gasteiger partial charge in [-0.1, -0.05) is 6.07 Å². The van der Waals surface area contributed by atoms with E-state index in [0.29, 0.717) is 5.69 Å². The third-order valence-electron chi connectivity index (χ3n) is 3.19. The van der Waals surface area contributed by atoms with Crippen LogP contribution < -0.4 is 10.2 Å². The minimum absolute atomic E-state index is 0.131. The largest absolute Gasteiger partial charge is 0.379 e. The van der Waals surface area contributed by atoms with Crippen molar-refractivity contribution in [2.75, 3.05) is 29.9 Å². The molecule has 80 valence electrons. The van der Waals surface area contributed by atoms with Crippen molar-refractivity contribution in [1.29, 1.82) is 0 Å². The first-order chi connectivity index (χ1) is 7.34. The highest BCUT2D eigenvalue weighted by Gasteiger charge is 2.27. The number of nitrogens with zero attached hydrogens (tertiary/aromatic N) is 1. The van der Waals surface area contributed by atoms with Gasteiger partial charge in [0.25, 0.3) is 0 Å². The zero-order valence-corrected chi connectivity index (χ0v) is 8.67. The Morgan fingerprint density at radius 3 is 3.07 bits per heavy atom. The van der Waals surface area contributed by atoms with Crippen LogP contribution >= 0.6 is 0 Å². The van der Waals surface area contributed by atoms with Gasteiger partial charge in [-0.15, -0.1) is 0 Å². The fraction of sp³-hybridized carbons (Fsp3) is 0.500. The Kier molecular flexibility index (Phi) is 2.04. The molecule has 1 aromatic carbocycles. The third-order valence-corrected chi connectivity index (χ3v) is 3.19. The smallest absolute Gasteiger partial charge is 0.148 e. The van der Waals surface area contributed by atoms with Gasteiger partial charge in [-0.05, 0) is 30.9 Å². The second-order valence-corrected chi connectivity index (χ2v) is 4.45. The predicted molar refractivity (Wildman–Crippen MR) is 59.8 cm³/mol. The van der Waals surface area contributed by atoms with Crippen LogP contribution in [0.3, 0.4) is 0 Å². The van der Waals surface area contributed by atoms with Crippen molar-refractivity contribution in [2.45, 2.75) is 12.8 Å². The van der Waals surface area contributed by atoms with E-state index < -0.39 is 0 Å². The lowest BCUT2D eigenvalue weighted by Crippen LogP contribution is -2.35. The number of anilines is 2. The van der Waals surface area contributed by atoms with Gasteiger partial charge in [-0.2, -0.15) is 0 Å². The second kappa shape index (κ2) is 3.40. The standard InChI is InChI=1S/C12H15FN2/c13-10-2-1-3-11-12(10)14-6-7-15(11)8-9-4-5-9/h1-3,9,14H,4-8H2. The van der Waals surface area contributed by atoms with Gasteiger partial charge in [-0.3, -0.25) is 0 Å². The van der Waals surface area contributed by atoms with Crippen LogP contribution in [0.2, 0.25) is 0 Å². The Balaban J connectivity index is 1.91. The first kappa shape index (κ1) is 9.01. The minimum atomic E-state index is -0.131. The van der Waals surface area contributed by atoms with Gasteiger partial charge in [0.2, 0.25) is 0 Å². The third kappa shape index (κ3) is 1.66. The van der Waals surface area contributed by atoms with Gasteiger partial charge < -0.3 is 10.2 Å². The molecule has 0 saturated heterocycles. The first-order valence-corrected chi connectivity index (χ1v) is 5.62. The molecule has 0 atom stereocenters. The van der Waals surface area contributed by atoms with Crippen molar-refractivity contribution < 1.29 is 4.39 Å². The van der Waals surface area contributed by atoms with E-state index in [1.807, 2.05) is 6.07 Å². The molecule has 1 N–H and O–H groups in total. The SMILES string of the molecule is Fc1cccc2c1NCCN2CC1CC1. The second-order valence-electron chi connectivity index (χ2n) is 4.45. The Morgan fingerprint density at radius 1 is 1.40 bits per heavy atom. The molecular formula is C12H15FN2. The molecule has 2 nitrogen and oxygen atoms in total. The Hall–Kier alpha value is -1.25. The van der Waals surface area contributed by atoms with E-state index in [1.165, 1.54) is 18.9 Å². The van der Waals surface area contributed by atoms with Gasteiger partial charge in [-0.25, -0.2) is 4.39 Å². The van der Waals surface area contributed by atoms with Crippen LogP contribution in [0.25, 0.3) is 0 Å². The molecule has 1 saturated carbocycles.